The average Bonchev–Trinajstić information content (AvgIpc) is 3.10. The third kappa shape index (κ3) is 4.34. The molecule has 2 aliphatic heterocycles. The second kappa shape index (κ2) is 7.64. The van der Waals surface area contributed by atoms with Crippen molar-refractivity contribution in [2.24, 2.45) is 5.92 Å². The van der Waals surface area contributed by atoms with Gasteiger partial charge in [-0.3, -0.25) is 9.78 Å². The molecular formula is C20H29N3O3. The minimum absolute atomic E-state index is 0.127. The zero-order valence-corrected chi connectivity index (χ0v) is 16.0. The van der Waals surface area contributed by atoms with E-state index in [1.165, 1.54) is 0 Å². The molecule has 2 fully saturated rings. The summed E-state index contributed by atoms with van der Waals surface area (Å²) in [6, 6.07) is 4.11. The Morgan fingerprint density at radius 2 is 1.81 bits per heavy atom. The van der Waals surface area contributed by atoms with Gasteiger partial charge in [-0.25, -0.2) is 4.79 Å². The molecule has 26 heavy (non-hydrogen) atoms. The molecule has 2 amide bonds. The summed E-state index contributed by atoms with van der Waals surface area (Å²) in [5.41, 5.74) is 0.626. The summed E-state index contributed by atoms with van der Waals surface area (Å²) in [4.78, 5) is 33.3. The van der Waals surface area contributed by atoms with Gasteiger partial charge in [0.2, 0.25) is 5.91 Å². The lowest BCUT2D eigenvalue weighted by Gasteiger charge is -2.36. The molecule has 6 heteroatoms. The second-order valence-electron chi connectivity index (χ2n) is 8.24. The number of carbonyl (C=O) groups excluding carboxylic acids is 2. The normalized spacial score (nSPS) is 23.8. The van der Waals surface area contributed by atoms with Crippen LogP contribution in [0.15, 0.2) is 24.5 Å². The van der Waals surface area contributed by atoms with Crippen molar-refractivity contribution in [2.75, 3.05) is 19.6 Å². The van der Waals surface area contributed by atoms with Crippen molar-refractivity contribution in [3.63, 3.8) is 0 Å². The van der Waals surface area contributed by atoms with Gasteiger partial charge < -0.3 is 14.5 Å². The molecule has 0 saturated carbocycles. The van der Waals surface area contributed by atoms with Crippen LogP contribution in [0.1, 0.15) is 58.1 Å². The minimum Gasteiger partial charge on any atom is -0.444 e. The fraction of sp³-hybridized carbons (Fsp3) is 0.650. The van der Waals surface area contributed by atoms with Crippen molar-refractivity contribution in [1.29, 1.82) is 0 Å². The smallest absolute Gasteiger partial charge is 0.410 e. The van der Waals surface area contributed by atoms with Gasteiger partial charge in [0.1, 0.15) is 5.60 Å². The van der Waals surface area contributed by atoms with Crippen LogP contribution in [-0.4, -0.2) is 52.0 Å². The zero-order valence-electron chi connectivity index (χ0n) is 16.0. The van der Waals surface area contributed by atoms with Crippen molar-refractivity contribution in [1.82, 2.24) is 14.8 Å². The maximum atomic E-state index is 13.2. The first-order valence-corrected chi connectivity index (χ1v) is 9.53. The quantitative estimate of drug-likeness (QED) is 0.812. The Morgan fingerprint density at radius 1 is 1.12 bits per heavy atom. The molecule has 1 aromatic heterocycles. The molecule has 2 saturated heterocycles. The van der Waals surface area contributed by atoms with E-state index in [2.05, 4.69) is 4.98 Å². The molecule has 0 N–H and O–H groups in total. The number of nitrogens with zero attached hydrogens (tertiary/aromatic N) is 3. The summed E-state index contributed by atoms with van der Waals surface area (Å²) < 4.78 is 5.48. The fourth-order valence-corrected chi connectivity index (χ4v) is 3.87. The molecule has 0 aromatic carbocycles. The van der Waals surface area contributed by atoms with Gasteiger partial charge in [-0.15, -0.1) is 0 Å². The first-order valence-electron chi connectivity index (χ1n) is 9.53. The molecule has 3 heterocycles. The van der Waals surface area contributed by atoms with Gasteiger partial charge in [0.25, 0.3) is 0 Å². The van der Waals surface area contributed by atoms with Crippen LogP contribution in [0.2, 0.25) is 0 Å². The summed E-state index contributed by atoms with van der Waals surface area (Å²) in [6.07, 6.45) is 6.91. The summed E-state index contributed by atoms with van der Waals surface area (Å²) in [6.45, 7) is 7.48. The van der Waals surface area contributed by atoms with E-state index in [1.807, 2.05) is 37.8 Å². The average molecular weight is 359 g/mol. The molecule has 0 spiro atoms. The number of hydrogen-bond donors (Lipinski definition) is 0. The minimum atomic E-state index is -0.518. The van der Waals surface area contributed by atoms with E-state index in [-0.39, 0.29) is 24.0 Å². The lowest BCUT2D eigenvalue weighted by molar-refractivity contribution is -0.138. The van der Waals surface area contributed by atoms with E-state index < -0.39 is 5.60 Å². The molecule has 0 unspecified atom stereocenters. The number of hydrogen-bond acceptors (Lipinski definition) is 4. The van der Waals surface area contributed by atoms with E-state index in [4.69, 9.17) is 4.74 Å². The number of piperidine rings is 1. The summed E-state index contributed by atoms with van der Waals surface area (Å²) in [5, 5.41) is 0. The highest BCUT2D eigenvalue weighted by atomic mass is 16.6. The fourth-order valence-electron chi connectivity index (χ4n) is 3.87. The highest BCUT2D eigenvalue weighted by Crippen LogP contribution is 2.34. The first-order chi connectivity index (χ1) is 12.3. The lowest BCUT2D eigenvalue weighted by Crippen LogP contribution is -2.47. The summed E-state index contributed by atoms with van der Waals surface area (Å²) >= 11 is 0. The van der Waals surface area contributed by atoms with E-state index in [0.717, 1.165) is 37.8 Å². The Bertz CT molecular complexity index is 641. The summed E-state index contributed by atoms with van der Waals surface area (Å²) in [7, 11) is 0. The molecule has 3 rings (SSSR count). The maximum absolute atomic E-state index is 13.2. The van der Waals surface area contributed by atoms with Crippen molar-refractivity contribution in [2.45, 2.75) is 58.1 Å². The number of carbonyl (C=O) groups is 2. The van der Waals surface area contributed by atoms with Gasteiger partial charge in [0, 0.05) is 32.0 Å². The van der Waals surface area contributed by atoms with Crippen LogP contribution in [0.5, 0.6) is 0 Å². The van der Waals surface area contributed by atoms with Crippen LogP contribution in [0, 0.1) is 5.92 Å². The number of pyridine rings is 1. The molecule has 142 valence electrons. The van der Waals surface area contributed by atoms with Gasteiger partial charge in [0.05, 0.1) is 12.0 Å². The van der Waals surface area contributed by atoms with Crippen LogP contribution < -0.4 is 0 Å². The highest BCUT2D eigenvalue weighted by molar-refractivity contribution is 5.81. The Balaban J connectivity index is 1.66. The van der Waals surface area contributed by atoms with E-state index in [9.17, 15) is 9.59 Å². The van der Waals surface area contributed by atoms with Gasteiger partial charge >= 0.3 is 6.09 Å². The highest BCUT2D eigenvalue weighted by Gasteiger charge is 2.37. The third-order valence-electron chi connectivity index (χ3n) is 5.05. The third-order valence-corrected chi connectivity index (χ3v) is 5.05. The number of aromatic nitrogens is 1. The Hall–Kier alpha value is -2.11. The monoisotopic (exact) mass is 359 g/mol. The molecule has 2 atom stereocenters. The van der Waals surface area contributed by atoms with Crippen LogP contribution in [0.3, 0.4) is 0 Å². The standard InChI is InChI=1S/C20H29N3O3/c1-20(2,3)26-19(25)22-12-4-6-16(14-22)18(24)23-13-5-7-17(23)15-8-10-21-11-9-15/h8-11,16-17H,4-7,12-14H2,1-3H3/t16-,17-/m1/s1. The van der Waals surface area contributed by atoms with Crippen LogP contribution in [-0.2, 0) is 9.53 Å². The molecule has 0 bridgehead atoms. The molecule has 6 nitrogen and oxygen atoms in total. The van der Waals surface area contributed by atoms with Crippen molar-refractivity contribution in [3.8, 4) is 0 Å². The number of likely N-dealkylation sites (tertiary alicyclic amines) is 2. The van der Waals surface area contributed by atoms with Gasteiger partial charge in [-0.05, 0) is 64.2 Å². The van der Waals surface area contributed by atoms with Gasteiger partial charge in [0.15, 0.2) is 0 Å². The van der Waals surface area contributed by atoms with E-state index in [1.54, 1.807) is 17.3 Å². The predicted molar refractivity (Wildman–Crippen MR) is 98.5 cm³/mol. The molecule has 0 aliphatic carbocycles. The van der Waals surface area contributed by atoms with Crippen molar-refractivity contribution < 1.29 is 14.3 Å². The maximum Gasteiger partial charge on any atom is 0.410 e. The largest absolute Gasteiger partial charge is 0.444 e. The predicted octanol–water partition coefficient (Wildman–Crippen LogP) is 3.39. The van der Waals surface area contributed by atoms with Crippen LogP contribution >= 0.6 is 0 Å². The number of rotatable bonds is 2. The molecular weight excluding hydrogens is 330 g/mol. The van der Waals surface area contributed by atoms with Gasteiger partial charge in [-0.1, -0.05) is 0 Å². The number of amides is 2. The SMILES string of the molecule is CC(C)(C)OC(=O)N1CCC[C@@H](C(=O)N2CCC[C@@H]2c2ccncc2)C1. The zero-order chi connectivity index (χ0) is 18.7. The molecule has 0 radical (unpaired) electrons. The van der Waals surface area contributed by atoms with Crippen LogP contribution in [0.4, 0.5) is 4.79 Å². The molecule has 1 aromatic rings. The Morgan fingerprint density at radius 3 is 2.50 bits per heavy atom. The Kier molecular flexibility index (Phi) is 5.49. The lowest BCUT2D eigenvalue weighted by atomic mass is 9.95. The number of ether oxygens (including phenoxy) is 1. The first kappa shape index (κ1) is 18.7. The Labute approximate surface area is 155 Å². The van der Waals surface area contributed by atoms with Crippen molar-refractivity contribution >= 4 is 12.0 Å². The second-order valence-corrected chi connectivity index (χ2v) is 8.24. The summed E-state index contributed by atoms with van der Waals surface area (Å²) in [5.74, 6) is 0.0243. The van der Waals surface area contributed by atoms with E-state index in [0.29, 0.717) is 13.1 Å². The van der Waals surface area contributed by atoms with Gasteiger partial charge in [-0.2, -0.15) is 0 Å². The topological polar surface area (TPSA) is 62.7 Å². The van der Waals surface area contributed by atoms with E-state index >= 15 is 0 Å². The van der Waals surface area contributed by atoms with Crippen LogP contribution in [0.25, 0.3) is 0 Å². The molecule has 2 aliphatic rings. The van der Waals surface area contributed by atoms with Crippen molar-refractivity contribution in [3.05, 3.63) is 30.1 Å².